The Morgan fingerprint density at radius 3 is 2.48 bits per heavy atom. The molecule has 124 valence electrons. The van der Waals surface area contributed by atoms with E-state index in [0.29, 0.717) is 17.9 Å². The Hall–Kier alpha value is -2.30. The first-order valence-corrected chi connectivity index (χ1v) is 7.94. The number of carboxylic acid groups (broad SMARTS) is 1. The van der Waals surface area contributed by atoms with Gasteiger partial charge in [0.15, 0.2) is 0 Å². The molecule has 0 atom stereocenters. The molecule has 0 unspecified atom stereocenters. The van der Waals surface area contributed by atoms with Crippen LogP contribution in [0.15, 0.2) is 18.2 Å². The number of hydrogen-bond acceptors (Lipinski definition) is 2. The Labute approximate surface area is 136 Å². The standard InChI is InChI=1S/C18H24N2O3/c1-10(2)7-16(21)19-9-14-13-8-12(11(3)4)5-6-15(13)20-17(14)18(22)23/h5-6,8,10-11,20H,7,9H2,1-4H3,(H,19,21)(H,22,23). The molecule has 0 fully saturated rings. The highest BCUT2D eigenvalue weighted by atomic mass is 16.4. The van der Waals surface area contributed by atoms with Crippen molar-refractivity contribution in [3.8, 4) is 0 Å². The number of amides is 1. The zero-order chi connectivity index (χ0) is 17.1. The van der Waals surface area contributed by atoms with Crippen molar-refractivity contribution < 1.29 is 14.7 Å². The fourth-order valence-electron chi connectivity index (χ4n) is 2.62. The van der Waals surface area contributed by atoms with Gasteiger partial charge in [-0.15, -0.1) is 0 Å². The van der Waals surface area contributed by atoms with Crippen LogP contribution in [0.5, 0.6) is 0 Å². The number of fused-ring (bicyclic) bond motifs is 1. The second-order valence-electron chi connectivity index (χ2n) is 6.62. The van der Waals surface area contributed by atoms with E-state index in [4.69, 9.17) is 0 Å². The number of aromatic carboxylic acids is 1. The molecule has 3 N–H and O–H groups in total. The lowest BCUT2D eigenvalue weighted by atomic mass is 10.00. The van der Waals surface area contributed by atoms with E-state index in [2.05, 4.69) is 24.1 Å². The molecule has 23 heavy (non-hydrogen) atoms. The molecular formula is C18H24N2O3. The summed E-state index contributed by atoms with van der Waals surface area (Å²) in [6.07, 6.45) is 0.433. The van der Waals surface area contributed by atoms with Gasteiger partial charge >= 0.3 is 5.97 Å². The van der Waals surface area contributed by atoms with E-state index < -0.39 is 5.97 Å². The maximum absolute atomic E-state index is 11.9. The van der Waals surface area contributed by atoms with Crippen LogP contribution >= 0.6 is 0 Å². The average Bonchev–Trinajstić information content (AvgIpc) is 2.82. The number of hydrogen-bond donors (Lipinski definition) is 3. The molecule has 1 amide bonds. The SMILES string of the molecule is CC(C)CC(=O)NCc1c(C(=O)O)[nH]c2ccc(C(C)C)cc12. The molecule has 5 heteroatoms. The van der Waals surface area contributed by atoms with E-state index in [-0.39, 0.29) is 24.1 Å². The van der Waals surface area contributed by atoms with Crippen molar-refractivity contribution in [2.24, 2.45) is 5.92 Å². The molecule has 2 aromatic rings. The minimum absolute atomic E-state index is 0.0642. The summed E-state index contributed by atoms with van der Waals surface area (Å²) >= 11 is 0. The van der Waals surface area contributed by atoms with Crippen molar-refractivity contribution in [3.05, 3.63) is 35.0 Å². The third kappa shape index (κ3) is 3.92. The summed E-state index contributed by atoms with van der Waals surface area (Å²) in [4.78, 5) is 26.3. The zero-order valence-corrected chi connectivity index (χ0v) is 14.1. The van der Waals surface area contributed by atoms with Crippen LogP contribution in [0.3, 0.4) is 0 Å². The summed E-state index contributed by atoms with van der Waals surface area (Å²) in [5, 5.41) is 13.1. The summed E-state index contributed by atoms with van der Waals surface area (Å²) in [5.74, 6) is -0.457. The first kappa shape index (κ1) is 17.1. The van der Waals surface area contributed by atoms with E-state index in [9.17, 15) is 14.7 Å². The number of aromatic amines is 1. The minimum Gasteiger partial charge on any atom is -0.477 e. The first-order chi connectivity index (χ1) is 10.8. The van der Waals surface area contributed by atoms with E-state index in [1.807, 2.05) is 32.0 Å². The van der Waals surface area contributed by atoms with Gasteiger partial charge in [0.1, 0.15) is 5.69 Å². The maximum Gasteiger partial charge on any atom is 0.352 e. The second kappa shape index (κ2) is 6.86. The number of benzene rings is 1. The van der Waals surface area contributed by atoms with Crippen LogP contribution in [0.25, 0.3) is 10.9 Å². The highest BCUT2D eigenvalue weighted by molar-refractivity contribution is 5.97. The highest BCUT2D eigenvalue weighted by Crippen LogP contribution is 2.26. The predicted octanol–water partition coefficient (Wildman–Crippen LogP) is 3.65. The number of nitrogens with one attached hydrogen (secondary N) is 2. The molecule has 5 nitrogen and oxygen atoms in total. The number of carbonyl (C=O) groups excluding carboxylic acids is 1. The van der Waals surface area contributed by atoms with Crippen molar-refractivity contribution in [2.75, 3.05) is 0 Å². The number of aromatic nitrogens is 1. The number of H-pyrrole nitrogens is 1. The van der Waals surface area contributed by atoms with Gasteiger partial charge in [0.2, 0.25) is 5.91 Å². The zero-order valence-electron chi connectivity index (χ0n) is 14.1. The molecule has 0 aliphatic heterocycles. The molecule has 0 aliphatic carbocycles. The molecule has 1 aromatic heterocycles. The van der Waals surface area contributed by atoms with Gasteiger partial charge in [-0.3, -0.25) is 4.79 Å². The van der Waals surface area contributed by atoms with Crippen molar-refractivity contribution >= 4 is 22.8 Å². The number of carboxylic acids is 1. The molecule has 2 rings (SSSR count). The lowest BCUT2D eigenvalue weighted by Crippen LogP contribution is -2.24. The average molecular weight is 316 g/mol. The van der Waals surface area contributed by atoms with E-state index >= 15 is 0 Å². The molecule has 0 aliphatic rings. The minimum atomic E-state index is -1.01. The summed E-state index contributed by atoms with van der Waals surface area (Å²) in [6, 6.07) is 5.90. The fourth-order valence-corrected chi connectivity index (χ4v) is 2.62. The fraction of sp³-hybridized carbons (Fsp3) is 0.444. The van der Waals surface area contributed by atoms with Crippen LogP contribution in [0.2, 0.25) is 0 Å². The third-order valence-electron chi connectivity index (χ3n) is 3.87. The van der Waals surface area contributed by atoms with Crippen LogP contribution in [-0.2, 0) is 11.3 Å². The van der Waals surface area contributed by atoms with Gasteiger partial charge in [-0.25, -0.2) is 4.79 Å². The topological polar surface area (TPSA) is 82.2 Å². The predicted molar refractivity (Wildman–Crippen MR) is 90.6 cm³/mol. The summed E-state index contributed by atoms with van der Waals surface area (Å²) < 4.78 is 0. The monoisotopic (exact) mass is 316 g/mol. The highest BCUT2D eigenvalue weighted by Gasteiger charge is 2.18. The van der Waals surface area contributed by atoms with Gasteiger partial charge in [0, 0.05) is 29.4 Å². The van der Waals surface area contributed by atoms with Gasteiger partial charge in [-0.05, 0) is 29.5 Å². The van der Waals surface area contributed by atoms with Crippen molar-refractivity contribution in [3.63, 3.8) is 0 Å². The van der Waals surface area contributed by atoms with Gasteiger partial charge < -0.3 is 15.4 Å². The molecule has 1 aromatic carbocycles. The van der Waals surface area contributed by atoms with Gasteiger partial charge in [-0.2, -0.15) is 0 Å². The van der Waals surface area contributed by atoms with Gasteiger partial charge in [0.05, 0.1) is 0 Å². The Morgan fingerprint density at radius 1 is 1.22 bits per heavy atom. The van der Waals surface area contributed by atoms with Crippen molar-refractivity contribution in [2.45, 2.75) is 46.6 Å². The maximum atomic E-state index is 11.9. The van der Waals surface area contributed by atoms with E-state index in [1.54, 1.807) is 0 Å². The van der Waals surface area contributed by atoms with Crippen molar-refractivity contribution in [1.82, 2.24) is 10.3 Å². The van der Waals surface area contributed by atoms with E-state index in [1.165, 1.54) is 0 Å². The van der Waals surface area contributed by atoms with Crippen LogP contribution in [0.4, 0.5) is 0 Å². The third-order valence-corrected chi connectivity index (χ3v) is 3.87. The molecule has 0 spiro atoms. The Morgan fingerprint density at radius 2 is 1.91 bits per heavy atom. The quantitative estimate of drug-likeness (QED) is 0.760. The molecule has 0 saturated carbocycles. The summed E-state index contributed by atoms with van der Waals surface area (Å²) in [6.45, 7) is 8.35. The Balaban J connectivity index is 2.38. The van der Waals surface area contributed by atoms with Crippen LogP contribution < -0.4 is 5.32 Å². The van der Waals surface area contributed by atoms with Crippen LogP contribution in [0.1, 0.15) is 61.6 Å². The smallest absolute Gasteiger partial charge is 0.352 e. The van der Waals surface area contributed by atoms with Gasteiger partial charge in [-0.1, -0.05) is 33.8 Å². The normalized spacial score (nSPS) is 11.4. The first-order valence-electron chi connectivity index (χ1n) is 7.94. The van der Waals surface area contributed by atoms with E-state index in [0.717, 1.165) is 16.5 Å². The van der Waals surface area contributed by atoms with Crippen LogP contribution in [-0.4, -0.2) is 22.0 Å². The Kier molecular flexibility index (Phi) is 5.08. The summed E-state index contributed by atoms with van der Waals surface area (Å²) in [5.41, 5.74) is 2.70. The molecule has 0 bridgehead atoms. The summed E-state index contributed by atoms with van der Waals surface area (Å²) in [7, 11) is 0. The van der Waals surface area contributed by atoms with Gasteiger partial charge in [0.25, 0.3) is 0 Å². The number of rotatable bonds is 6. The molecule has 1 heterocycles. The largest absolute Gasteiger partial charge is 0.477 e. The molecule has 0 saturated heterocycles. The number of carbonyl (C=O) groups is 2. The Bertz CT molecular complexity index is 729. The lowest BCUT2D eigenvalue weighted by Gasteiger charge is -2.09. The second-order valence-corrected chi connectivity index (χ2v) is 6.62. The lowest BCUT2D eigenvalue weighted by molar-refractivity contribution is -0.121. The van der Waals surface area contributed by atoms with Crippen molar-refractivity contribution in [1.29, 1.82) is 0 Å². The molecule has 0 radical (unpaired) electrons. The molecular weight excluding hydrogens is 292 g/mol. The van der Waals surface area contributed by atoms with Crippen LogP contribution in [0, 0.1) is 5.92 Å².